The van der Waals surface area contributed by atoms with E-state index in [1.165, 1.54) is 43.4 Å². The average molecular weight is 407 g/mol. The molecule has 0 spiro atoms. The molecule has 1 fully saturated rings. The maximum Gasteiger partial charge on any atom is 0.220 e. The lowest BCUT2D eigenvalue weighted by molar-refractivity contribution is -0.995. The molecule has 0 aromatic heterocycles. The lowest BCUT2D eigenvalue weighted by Crippen LogP contribution is -3.24. The van der Waals surface area contributed by atoms with Gasteiger partial charge in [0.2, 0.25) is 5.72 Å². The Labute approximate surface area is 177 Å². The number of allylic oxidation sites excluding steroid dienone is 1. The molecule has 0 amide bonds. The summed E-state index contributed by atoms with van der Waals surface area (Å²) in [6.45, 7) is 7.69. The highest BCUT2D eigenvalue weighted by atomic mass is 16.3. The molecule has 6 nitrogen and oxygen atoms in total. The highest BCUT2D eigenvalue weighted by molar-refractivity contribution is 5.75. The number of nitrogens with zero attached hydrogens (tertiary/aromatic N) is 2. The molecule has 6 N–H and O–H groups in total. The molecule has 0 saturated carbocycles. The van der Waals surface area contributed by atoms with Crippen molar-refractivity contribution in [2.45, 2.75) is 88.9 Å². The van der Waals surface area contributed by atoms with Crippen LogP contribution in [0.15, 0.2) is 29.8 Å². The predicted octanol–water partition coefficient (Wildman–Crippen LogP) is 1.91. The second kappa shape index (κ2) is 13.0. The molecule has 2 aliphatic heterocycles. The van der Waals surface area contributed by atoms with E-state index in [-0.39, 0.29) is 5.96 Å². The highest BCUT2D eigenvalue weighted by Crippen LogP contribution is 2.20. The maximum absolute atomic E-state index is 11.3. The first-order valence-electron chi connectivity index (χ1n) is 11.7. The van der Waals surface area contributed by atoms with Crippen LogP contribution < -0.4 is 16.4 Å². The fourth-order valence-corrected chi connectivity index (χ4v) is 4.74. The molecule has 0 aliphatic carbocycles. The van der Waals surface area contributed by atoms with E-state index in [0.29, 0.717) is 12.7 Å². The summed E-state index contributed by atoms with van der Waals surface area (Å²) in [4.78, 5) is 7.91. The SMILES string of the molecule is C=CCCCCCCCCCC1(O)C=CC2N(CCCCN=C(N)N)CCC[NH+]21. The van der Waals surface area contributed by atoms with Gasteiger partial charge in [0.25, 0.3) is 0 Å². The highest BCUT2D eigenvalue weighted by Gasteiger charge is 2.48. The number of fused-ring (bicyclic) bond motifs is 1. The Balaban J connectivity index is 1.65. The lowest BCUT2D eigenvalue weighted by atomic mass is 10.0. The van der Waals surface area contributed by atoms with Crippen LogP contribution in [0, 0.1) is 0 Å². The molecule has 1 saturated heterocycles. The smallest absolute Gasteiger partial charge is 0.220 e. The van der Waals surface area contributed by atoms with Gasteiger partial charge in [0.15, 0.2) is 12.1 Å². The van der Waals surface area contributed by atoms with E-state index >= 15 is 0 Å². The zero-order valence-electron chi connectivity index (χ0n) is 18.3. The Kier molecular flexibility index (Phi) is 10.7. The van der Waals surface area contributed by atoms with Gasteiger partial charge in [0, 0.05) is 38.6 Å². The van der Waals surface area contributed by atoms with E-state index in [1.54, 1.807) is 0 Å². The van der Waals surface area contributed by atoms with E-state index in [9.17, 15) is 5.11 Å². The first kappa shape index (κ1) is 23.9. The molecule has 2 aliphatic rings. The van der Waals surface area contributed by atoms with Gasteiger partial charge < -0.3 is 16.6 Å². The van der Waals surface area contributed by atoms with Crippen LogP contribution in [0.3, 0.4) is 0 Å². The summed E-state index contributed by atoms with van der Waals surface area (Å²) < 4.78 is 0. The Bertz CT molecular complexity index is 531. The quantitative estimate of drug-likeness (QED) is 0.145. The van der Waals surface area contributed by atoms with Gasteiger partial charge in [-0.3, -0.25) is 14.8 Å². The van der Waals surface area contributed by atoms with E-state index < -0.39 is 5.72 Å². The summed E-state index contributed by atoms with van der Waals surface area (Å²) in [6, 6.07) is 0. The Morgan fingerprint density at radius 1 is 1.14 bits per heavy atom. The van der Waals surface area contributed by atoms with Gasteiger partial charge in [-0.15, -0.1) is 6.58 Å². The summed E-state index contributed by atoms with van der Waals surface area (Å²) in [5, 5.41) is 11.3. The number of nitrogens with two attached hydrogens (primary N) is 2. The van der Waals surface area contributed by atoms with Crippen LogP contribution in [-0.4, -0.2) is 54.0 Å². The van der Waals surface area contributed by atoms with E-state index in [4.69, 9.17) is 11.5 Å². The van der Waals surface area contributed by atoms with Crippen molar-refractivity contribution < 1.29 is 10.0 Å². The molecule has 3 unspecified atom stereocenters. The summed E-state index contributed by atoms with van der Waals surface area (Å²) in [5.41, 5.74) is 10.1. The Hall–Kier alpha value is -1.37. The monoisotopic (exact) mass is 406 g/mol. The summed E-state index contributed by atoms with van der Waals surface area (Å²) in [5.74, 6) is 0.176. The number of guanidine groups is 1. The van der Waals surface area contributed by atoms with Crippen molar-refractivity contribution in [2.75, 3.05) is 26.2 Å². The molecule has 0 aromatic rings. The van der Waals surface area contributed by atoms with E-state index in [0.717, 1.165) is 58.2 Å². The molecule has 166 valence electrons. The summed E-state index contributed by atoms with van der Waals surface area (Å²) >= 11 is 0. The molecule has 29 heavy (non-hydrogen) atoms. The predicted molar refractivity (Wildman–Crippen MR) is 122 cm³/mol. The van der Waals surface area contributed by atoms with Crippen LogP contribution in [0.2, 0.25) is 0 Å². The van der Waals surface area contributed by atoms with Crippen LogP contribution in [0.4, 0.5) is 0 Å². The minimum atomic E-state index is -0.675. The number of quaternary nitrogens is 1. The normalized spacial score (nSPS) is 26.4. The number of aliphatic hydroxyl groups is 1. The lowest BCUT2D eigenvalue weighted by Gasteiger charge is -2.42. The van der Waals surface area contributed by atoms with Gasteiger partial charge in [0.1, 0.15) is 0 Å². The number of nitrogens with one attached hydrogen (secondary N) is 1. The first-order valence-corrected chi connectivity index (χ1v) is 11.7. The molecular weight excluding hydrogens is 362 g/mol. The molecule has 6 heteroatoms. The molecule has 0 radical (unpaired) electrons. The van der Waals surface area contributed by atoms with Crippen molar-refractivity contribution in [2.24, 2.45) is 16.5 Å². The van der Waals surface area contributed by atoms with Crippen LogP contribution >= 0.6 is 0 Å². The van der Waals surface area contributed by atoms with Crippen LogP contribution in [-0.2, 0) is 0 Å². The van der Waals surface area contributed by atoms with Gasteiger partial charge in [-0.25, -0.2) is 0 Å². The van der Waals surface area contributed by atoms with Gasteiger partial charge in [0.05, 0.1) is 6.54 Å². The van der Waals surface area contributed by atoms with E-state index in [2.05, 4.69) is 28.6 Å². The molecular formula is C23H44N5O+. The van der Waals surface area contributed by atoms with Crippen LogP contribution in [0.5, 0.6) is 0 Å². The number of hydrogen-bond donors (Lipinski definition) is 4. The zero-order chi connectivity index (χ0) is 21.0. The molecule has 2 heterocycles. The van der Waals surface area contributed by atoms with E-state index in [1.807, 2.05) is 6.08 Å². The fourth-order valence-electron chi connectivity index (χ4n) is 4.74. The van der Waals surface area contributed by atoms with Crippen molar-refractivity contribution in [3.05, 3.63) is 24.8 Å². The molecule has 0 aromatic carbocycles. The standard InChI is InChI=1S/C23H43N5O/c1-2-3-4-5-6-7-8-9-10-15-23(29)16-14-21-27(19-13-20-28(21)23)18-12-11-17-26-22(24)25/h2,14,16,21,29H,1,3-13,15,17-20H2,(H4,24,25,26)/p+1. The Morgan fingerprint density at radius 3 is 2.59 bits per heavy atom. The van der Waals surface area contributed by atoms with Crippen molar-refractivity contribution in [3.63, 3.8) is 0 Å². The molecule has 3 atom stereocenters. The third-order valence-corrected chi connectivity index (χ3v) is 6.37. The third kappa shape index (κ3) is 8.11. The molecule has 2 rings (SSSR count). The minimum Gasteiger partial charge on any atom is -0.370 e. The molecule has 0 bridgehead atoms. The van der Waals surface area contributed by atoms with Crippen LogP contribution in [0.25, 0.3) is 0 Å². The topological polar surface area (TPSA) is 92.3 Å². The minimum absolute atomic E-state index is 0.176. The van der Waals surface area contributed by atoms with Crippen molar-refractivity contribution in [1.29, 1.82) is 0 Å². The van der Waals surface area contributed by atoms with Gasteiger partial charge in [-0.2, -0.15) is 0 Å². The van der Waals surface area contributed by atoms with Crippen molar-refractivity contribution in [1.82, 2.24) is 4.90 Å². The van der Waals surface area contributed by atoms with Crippen LogP contribution in [0.1, 0.15) is 77.0 Å². The number of unbranched alkanes of at least 4 members (excludes halogenated alkanes) is 8. The van der Waals surface area contributed by atoms with Gasteiger partial charge >= 0.3 is 0 Å². The maximum atomic E-state index is 11.3. The van der Waals surface area contributed by atoms with Gasteiger partial charge in [-0.1, -0.05) is 38.2 Å². The number of aliphatic imine (C=N–C) groups is 1. The second-order valence-electron chi connectivity index (χ2n) is 8.71. The number of hydrogen-bond acceptors (Lipinski definition) is 3. The Morgan fingerprint density at radius 2 is 1.86 bits per heavy atom. The van der Waals surface area contributed by atoms with Gasteiger partial charge in [-0.05, 0) is 38.2 Å². The van der Waals surface area contributed by atoms with Crippen molar-refractivity contribution >= 4 is 5.96 Å². The third-order valence-electron chi connectivity index (χ3n) is 6.37. The summed E-state index contributed by atoms with van der Waals surface area (Å²) in [6.07, 6.45) is 20.8. The second-order valence-corrected chi connectivity index (χ2v) is 8.71. The average Bonchev–Trinajstić information content (AvgIpc) is 3.04. The number of rotatable bonds is 15. The largest absolute Gasteiger partial charge is 0.370 e. The summed E-state index contributed by atoms with van der Waals surface area (Å²) in [7, 11) is 0. The first-order chi connectivity index (χ1) is 14.1. The van der Waals surface area contributed by atoms with Crippen molar-refractivity contribution in [3.8, 4) is 0 Å². The zero-order valence-corrected chi connectivity index (χ0v) is 18.3. The fraction of sp³-hybridized carbons (Fsp3) is 0.783.